The molecule has 0 radical (unpaired) electrons. The number of rotatable bonds is 7. The Morgan fingerprint density at radius 3 is 2.42 bits per heavy atom. The maximum Gasteiger partial charge on any atom is 0.341 e. The highest BCUT2D eigenvalue weighted by Gasteiger charge is 2.16. The van der Waals surface area contributed by atoms with Crippen LogP contribution >= 0.6 is 23.2 Å². The van der Waals surface area contributed by atoms with Crippen LogP contribution in [0.4, 0.5) is 10.1 Å². The standard InChI is InChI=1S/C7H5Cl2FN2O3.C7H14O2/c8-3-5(11)4(9)7(12-6(3)10)15-1-2(13)14;1-3-5-6-9-7(8)4-2/h1H2,(H2,11,12)(H,13,14);3-6H2,1-2H3. The Balaban J connectivity index is 0.000000506. The van der Waals surface area contributed by atoms with Crippen LogP contribution in [-0.2, 0) is 14.3 Å². The molecular weight excluding hydrogens is 366 g/mol. The van der Waals surface area contributed by atoms with Gasteiger partial charge in [0.1, 0.15) is 10.0 Å². The number of ether oxygens (including phenoxy) is 2. The molecule has 0 aromatic carbocycles. The van der Waals surface area contributed by atoms with E-state index in [2.05, 4.69) is 16.6 Å². The summed E-state index contributed by atoms with van der Waals surface area (Å²) in [7, 11) is 0. The second-order valence-electron chi connectivity index (χ2n) is 4.36. The fraction of sp³-hybridized carbons (Fsp3) is 0.500. The lowest BCUT2D eigenvalue weighted by Crippen LogP contribution is -2.11. The van der Waals surface area contributed by atoms with Crippen molar-refractivity contribution in [2.75, 3.05) is 18.9 Å². The van der Waals surface area contributed by atoms with Gasteiger partial charge in [-0.1, -0.05) is 43.5 Å². The predicted molar refractivity (Wildman–Crippen MR) is 87.9 cm³/mol. The average Bonchev–Trinajstić information content (AvgIpc) is 2.55. The monoisotopic (exact) mass is 384 g/mol. The summed E-state index contributed by atoms with van der Waals surface area (Å²) in [5.74, 6) is -2.82. The molecule has 3 N–H and O–H groups in total. The molecule has 0 aliphatic rings. The number of carboxylic acids is 1. The normalized spacial score (nSPS) is 9.71. The number of aliphatic carboxylic acids is 1. The molecule has 136 valence electrons. The minimum absolute atomic E-state index is 0.0940. The van der Waals surface area contributed by atoms with Gasteiger partial charge in [-0.3, -0.25) is 4.79 Å². The van der Waals surface area contributed by atoms with E-state index in [4.69, 9.17) is 38.8 Å². The first-order chi connectivity index (χ1) is 11.2. The van der Waals surface area contributed by atoms with Gasteiger partial charge in [-0.25, -0.2) is 4.79 Å². The number of nitrogen functional groups attached to an aromatic ring is 1. The summed E-state index contributed by atoms with van der Waals surface area (Å²) < 4.78 is 22.3. The largest absolute Gasteiger partial charge is 0.479 e. The molecule has 0 bridgehead atoms. The molecule has 1 aromatic heterocycles. The SMILES string of the molecule is CCCCOC(=O)CC.Nc1c(Cl)c(F)nc(OCC(=O)O)c1Cl. The number of carbonyl (C=O) groups is 2. The van der Waals surface area contributed by atoms with Crippen LogP contribution in [0.25, 0.3) is 0 Å². The van der Waals surface area contributed by atoms with Crippen LogP contribution < -0.4 is 10.5 Å². The summed E-state index contributed by atoms with van der Waals surface area (Å²) in [5.41, 5.74) is 5.07. The van der Waals surface area contributed by atoms with Crippen molar-refractivity contribution >= 4 is 40.8 Å². The van der Waals surface area contributed by atoms with Crippen LogP contribution in [0.5, 0.6) is 5.88 Å². The number of pyridine rings is 1. The van der Waals surface area contributed by atoms with Crippen LogP contribution in [0, 0.1) is 5.95 Å². The topological polar surface area (TPSA) is 112 Å². The highest BCUT2D eigenvalue weighted by Crippen LogP contribution is 2.35. The van der Waals surface area contributed by atoms with E-state index < -0.39 is 29.4 Å². The van der Waals surface area contributed by atoms with Gasteiger partial charge in [0.15, 0.2) is 6.61 Å². The van der Waals surface area contributed by atoms with Gasteiger partial charge < -0.3 is 20.3 Å². The molecule has 10 heteroatoms. The van der Waals surface area contributed by atoms with Crippen LogP contribution in [0.1, 0.15) is 33.1 Å². The first-order valence-corrected chi connectivity index (χ1v) is 7.80. The van der Waals surface area contributed by atoms with Gasteiger partial charge in [0.05, 0.1) is 12.3 Å². The number of hydrogen-bond acceptors (Lipinski definition) is 6. The Labute approximate surface area is 148 Å². The third-order valence-corrected chi connectivity index (χ3v) is 3.15. The zero-order valence-electron chi connectivity index (χ0n) is 13.3. The number of unbranched alkanes of at least 4 members (excludes halogenated alkanes) is 1. The quantitative estimate of drug-likeness (QED) is 0.421. The van der Waals surface area contributed by atoms with Gasteiger partial charge in [-0.15, -0.1) is 0 Å². The van der Waals surface area contributed by atoms with Crippen molar-refractivity contribution in [3.63, 3.8) is 0 Å². The zero-order chi connectivity index (χ0) is 18.7. The molecular formula is C14H19Cl2FN2O5. The van der Waals surface area contributed by atoms with E-state index in [1.54, 1.807) is 6.92 Å². The Kier molecular flexibility index (Phi) is 10.8. The number of carbonyl (C=O) groups excluding carboxylic acids is 1. The van der Waals surface area contributed by atoms with E-state index in [-0.39, 0.29) is 16.7 Å². The Hall–Kier alpha value is -1.80. The predicted octanol–water partition coefficient (Wildman–Crippen LogP) is 3.31. The van der Waals surface area contributed by atoms with Gasteiger partial charge in [0.25, 0.3) is 0 Å². The number of carboxylic acid groups (broad SMARTS) is 1. The molecule has 1 heterocycles. The molecule has 1 aromatic rings. The molecule has 0 amide bonds. The number of anilines is 1. The number of nitrogens with zero attached hydrogens (tertiary/aromatic N) is 1. The Bertz CT molecular complexity index is 573. The minimum atomic E-state index is -1.25. The van der Waals surface area contributed by atoms with Crippen LogP contribution in [0.3, 0.4) is 0 Å². The lowest BCUT2D eigenvalue weighted by Gasteiger charge is -2.07. The molecule has 0 fully saturated rings. The fourth-order valence-electron chi connectivity index (χ4n) is 1.17. The molecule has 24 heavy (non-hydrogen) atoms. The number of nitrogens with two attached hydrogens (primary N) is 1. The average molecular weight is 385 g/mol. The van der Waals surface area contributed by atoms with E-state index in [1.165, 1.54) is 0 Å². The maximum absolute atomic E-state index is 12.9. The summed E-state index contributed by atoms with van der Waals surface area (Å²) >= 11 is 11.0. The second kappa shape index (κ2) is 11.7. The summed E-state index contributed by atoms with van der Waals surface area (Å²) in [4.78, 5) is 23.8. The third-order valence-electron chi connectivity index (χ3n) is 2.42. The van der Waals surface area contributed by atoms with Crippen molar-refractivity contribution in [3.8, 4) is 5.88 Å². The van der Waals surface area contributed by atoms with Crippen LogP contribution in [0.15, 0.2) is 0 Å². The smallest absolute Gasteiger partial charge is 0.341 e. The van der Waals surface area contributed by atoms with Crippen molar-refractivity contribution < 1.29 is 28.6 Å². The van der Waals surface area contributed by atoms with Crippen molar-refractivity contribution in [1.29, 1.82) is 0 Å². The number of aromatic nitrogens is 1. The summed E-state index contributed by atoms with van der Waals surface area (Å²) in [6.07, 6.45) is 2.55. The van der Waals surface area contributed by atoms with Gasteiger partial charge in [-0.2, -0.15) is 9.37 Å². The van der Waals surface area contributed by atoms with Crippen molar-refractivity contribution in [2.45, 2.75) is 33.1 Å². The Morgan fingerprint density at radius 2 is 1.92 bits per heavy atom. The molecule has 0 saturated heterocycles. The van der Waals surface area contributed by atoms with Crippen molar-refractivity contribution in [2.24, 2.45) is 0 Å². The molecule has 0 saturated carbocycles. The van der Waals surface area contributed by atoms with E-state index in [0.29, 0.717) is 13.0 Å². The first kappa shape index (κ1) is 22.2. The number of halogens is 3. The molecule has 0 aliphatic heterocycles. The van der Waals surface area contributed by atoms with Crippen LogP contribution in [0.2, 0.25) is 10.0 Å². The van der Waals surface area contributed by atoms with Gasteiger partial charge in [0, 0.05) is 6.42 Å². The lowest BCUT2D eigenvalue weighted by molar-refractivity contribution is -0.143. The van der Waals surface area contributed by atoms with Crippen molar-refractivity contribution in [3.05, 3.63) is 16.0 Å². The molecule has 0 unspecified atom stereocenters. The van der Waals surface area contributed by atoms with E-state index in [1.807, 2.05) is 0 Å². The van der Waals surface area contributed by atoms with E-state index >= 15 is 0 Å². The minimum Gasteiger partial charge on any atom is -0.479 e. The molecule has 0 atom stereocenters. The molecule has 0 aliphatic carbocycles. The fourth-order valence-corrected chi connectivity index (χ4v) is 1.54. The van der Waals surface area contributed by atoms with Gasteiger partial charge in [0.2, 0.25) is 11.8 Å². The van der Waals surface area contributed by atoms with Crippen molar-refractivity contribution in [1.82, 2.24) is 4.98 Å². The zero-order valence-corrected chi connectivity index (χ0v) is 14.8. The number of hydrogen-bond donors (Lipinski definition) is 2. The highest BCUT2D eigenvalue weighted by atomic mass is 35.5. The van der Waals surface area contributed by atoms with E-state index in [0.717, 1.165) is 12.8 Å². The summed E-state index contributed by atoms with van der Waals surface area (Å²) in [5, 5.41) is 7.66. The lowest BCUT2D eigenvalue weighted by atomic mass is 10.4. The van der Waals surface area contributed by atoms with Crippen LogP contribution in [-0.4, -0.2) is 35.2 Å². The first-order valence-electron chi connectivity index (χ1n) is 7.04. The second-order valence-corrected chi connectivity index (χ2v) is 5.12. The molecule has 1 rings (SSSR count). The third kappa shape index (κ3) is 8.16. The van der Waals surface area contributed by atoms with E-state index in [9.17, 15) is 14.0 Å². The number of esters is 1. The molecule has 7 nitrogen and oxygen atoms in total. The summed E-state index contributed by atoms with van der Waals surface area (Å²) in [6, 6.07) is 0. The Morgan fingerprint density at radius 1 is 1.29 bits per heavy atom. The van der Waals surface area contributed by atoms with Gasteiger partial charge in [-0.05, 0) is 6.42 Å². The molecule has 0 spiro atoms. The van der Waals surface area contributed by atoms with Gasteiger partial charge >= 0.3 is 11.9 Å². The highest BCUT2D eigenvalue weighted by molar-refractivity contribution is 6.39. The maximum atomic E-state index is 12.9. The summed E-state index contributed by atoms with van der Waals surface area (Å²) in [6.45, 7) is 3.75.